The lowest BCUT2D eigenvalue weighted by Crippen LogP contribution is -2.26. The van der Waals surface area contributed by atoms with Crippen LogP contribution in [0.3, 0.4) is 0 Å². The van der Waals surface area contributed by atoms with E-state index >= 15 is 0 Å². The summed E-state index contributed by atoms with van der Waals surface area (Å²) in [5.41, 5.74) is 7.40. The highest BCUT2D eigenvalue weighted by molar-refractivity contribution is 8.00. The largest absolute Gasteiger partial charge is 0.385 e. The van der Waals surface area contributed by atoms with E-state index in [0.717, 1.165) is 42.2 Å². The molecule has 4 nitrogen and oxygen atoms in total. The smallest absolute Gasteiger partial charge is 0.237 e. The van der Waals surface area contributed by atoms with Crippen LogP contribution in [0.15, 0.2) is 23.1 Å². The number of thioether (sulfide) groups is 1. The third kappa shape index (κ3) is 3.17. The minimum absolute atomic E-state index is 0.0131. The summed E-state index contributed by atoms with van der Waals surface area (Å²) >= 11 is 1.60. The lowest BCUT2D eigenvalue weighted by Gasteiger charge is -2.22. The average Bonchev–Trinajstić information content (AvgIpc) is 2.36. The van der Waals surface area contributed by atoms with E-state index in [1.807, 2.05) is 13.0 Å². The number of unbranched alkanes of at least 4 members (excludes halogenated alkanes) is 1. The van der Waals surface area contributed by atoms with Crippen LogP contribution in [0, 0.1) is 0 Å². The molecule has 18 heavy (non-hydrogen) atoms. The molecule has 4 N–H and O–H groups in total. The van der Waals surface area contributed by atoms with Gasteiger partial charge in [0.25, 0.3) is 0 Å². The van der Waals surface area contributed by atoms with Gasteiger partial charge in [-0.25, -0.2) is 0 Å². The molecule has 0 spiro atoms. The molecule has 1 atom stereocenters. The van der Waals surface area contributed by atoms with E-state index in [1.165, 1.54) is 0 Å². The molecule has 1 heterocycles. The van der Waals surface area contributed by atoms with Gasteiger partial charge in [0, 0.05) is 17.1 Å². The van der Waals surface area contributed by atoms with Gasteiger partial charge >= 0.3 is 0 Å². The number of nitrogens with one attached hydrogen (secondary N) is 2. The summed E-state index contributed by atoms with van der Waals surface area (Å²) in [5, 5.41) is 6.26. The van der Waals surface area contributed by atoms with E-state index in [1.54, 1.807) is 11.8 Å². The number of nitrogens with two attached hydrogens (primary N) is 1. The first kappa shape index (κ1) is 13.2. The summed E-state index contributed by atoms with van der Waals surface area (Å²) in [5.74, 6) is 0.0766. The van der Waals surface area contributed by atoms with E-state index in [-0.39, 0.29) is 11.2 Å². The predicted octanol–water partition coefficient (Wildman–Crippen LogP) is 2.27. The molecule has 98 valence electrons. The van der Waals surface area contributed by atoms with Crippen molar-refractivity contribution in [3.05, 3.63) is 18.2 Å². The zero-order valence-electron chi connectivity index (χ0n) is 10.5. The zero-order valence-corrected chi connectivity index (χ0v) is 11.3. The van der Waals surface area contributed by atoms with Gasteiger partial charge in [-0.15, -0.1) is 11.8 Å². The van der Waals surface area contributed by atoms with Crippen molar-refractivity contribution in [3.8, 4) is 0 Å². The second-order valence-corrected chi connectivity index (χ2v) is 5.77. The molecule has 1 aliphatic heterocycles. The first-order chi connectivity index (χ1) is 8.70. The molecule has 1 aromatic carbocycles. The maximum absolute atomic E-state index is 11.6. The minimum Gasteiger partial charge on any atom is -0.385 e. The molecule has 0 aliphatic carbocycles. The molecule has 1 unspecified atom stereocenters. The highest BCUT2D eigenvalue weighted by Gasteiger charge is 2.22. The van der Waals surface area contributed by atoms with Gasteiger partial charge in [0.15, 0.2) is 0 Å². The number of fused-ring (bicyclic) bond motifs is 1. The van der Waals surface area contributed by atoms with Crippen molar-refractivity contribution >= 4 is 29.0 Å². The SMILES string of the molecule is CC1Sc2ccc(NCCCCN)cc2NC1=O. The normalized spacial score (nSPS) is 18.1. The van der Waals surface area contributed by atoms with Gasteiger partial charge in [0.1, 0.15) is 0 Å². The Bertz CT molecular complexity index is 436. The number of carbonyl (C=O) groups excluding carboxylic acids is 1. The monoisotopic (exact) mass is 265 g/mol. The van der Waals surface area contributed by atoms with Crippen molar-refractivity contribution in [1.29, 1.82) is 0 Å². The van der Waals surface area contributed by atoms with E-state index in [0.29, 0.717) is 0 Å². The van der Waals surface area contributed by atoms with Crippen molar-refractivity contribution in [2.45, 2.75) is 29.9 Å². The summed E-state index contributed by atoms with van der Waals surface area (Å²) < 4.78 is 0. The van der Waals surface area contributed by atoms with Gasteiger partial charge in [0.2, 0.25) is 5.91 Å². The molecule has 2 rings (SSSR count). The van der Waals surface area contributed by atoms with Crippen LogP contribution in [0.4, 0.5) is 11.4 Å². The van der Waals surface area contributed by atoms with Crippen molar-refractivity contribution in [2.24, 2.45) is 5.73 Å². The second-order valence-electron chi connectivity index (χ2n) is 4.38. The number of hydrogen-bond donors (Lipinski definition) is 3. The average molecular weight is 265 g/mol. The van der Waals surface area contributed by atoms with Crippen LogP contribution in [0.5, 0.6) is 0 Å². The Morgan fingerprint density at radius 2 is 2.28 bits per heavy atom. The highest BCUT2D eigenvalue weighted by atomic mass is 32.2. The van der Waals surface area contributed by atoms with E-state index in [2.05, 4.69) is 22.8 Å². The van der Waals surface area contributed by atoms with Crippen LogP contribution in [0.2, 0.25) is 0 Å². The van der Waals surface area contributed by atoms with Crippen molar-refractivity contribution in [2.75, 3.05) is 23.7 Å². The maximum Gasteiger partial charge on any atom is 0.237 e. The number of amides is 1. The van der Waals surface area contributed by atoms with Gasteiger partial charge in [-0.05, 0) is 44.5 Å². The van der Waals surface area contributed by atoms with Gasteiger partial charge in [0.05, 0.1) is 10.9 Å². The van der Waals surface area contributed by atoms with Crippen LogP contribution >= 0.6 is 11.8 Å². The Morgan fingerprint density at radius 1 is 1.44 bits per heavy atom. The quantitative estimate of drug-likeness (QED) is 0.714. The summed E-state index contributed by atoms with van der Waals surface area (Å²) in [6.07, 6.45) is 2.09. The first-order valence-corrected chi connectivity index (χ1v) is 7.14. The topological polar surface area (TPSA) is 67.2 Å². The summed E-state index contributed by atoms with van der Waals surface area (Å²) in [6.45, 7) is 3.56. The Kier molecular flexibility index (Phi) is 4.49. The fourth-order valence-corrected chi connectivity index (χ4v) is 2.75. The highest BCUT2D eigenvalue weighted by Crippen LogP contribution is 2.36. The van der Waals surface area contributed by atoms with Crippen LogP contribution in [0.25, 0.3) is 0 Å². The summed E-state index contributed by atoms with van der Waals surface area (Å²) in [6, 6.07) is 6.11. The molecule has 0 saturated heterocycles. The number of benzene rings is 1. The predicted molar refractivity (Wildman–Crippen MR) is 77.2 cm³/mol. The van der Waals surface area contributed by atoms with Gasteiger partial charge < -0.3 is 16.4 Å². The molecule has 0 radical (unpaired) electrons. The van der Waals surface area contributed by atoms with Crippen molar-refractivity contribution in [1.82, 2.24) is 0 Å². The molecule has 5 heteroatoms. The Balaban J connectivity index is 1.99. The van der Waals surface area contributed by atoms with Crippen molar-refractivity contribution < 1.29 is 4.79 Å². The number of carbonyl (C=O) groups is 1. The van der Waals surface area contributed by atoms with Crippen LogP contribution < -0.4 is 16.4 Å². The molecule has 0 bridgehead atoms. The first-order valence-electron chi connectivity index (χ1n) is 6.26. The van der Waals surface area contributed by atoms with Crippen LogP contribution in [0.1, 0.15) is 19.8 Å². The lowest BCUT2D eigenvalue weighted by molar-refractivity contribution is -0.115. The van der Waals surface area contributed by atoms with Crippen LogP contribution in [-0.2, 0) is 4.79 Å². The fraction of sp³-hybridized carbons (Fsp3) is 0.462. The molecule has 1 aromatic rings. The molecule has 0 aromatic heterocycles. The summed E-state index contributed by atoms with van der Waals surface area (Å²) in [7, 11) is 0. The molecular formula is C13H19N3OS. The fourth-order valence-electron chi connectivity index (χ4n) is 1.82. The third-order valence-electron chi connectivity index (χ3n) is 2.87. The van der Waals surface area contributed by atoms with E-state index in [4.69, 9.17) is 5.73 Å². The molecular weight excluding hydrogens is 246 g/mol. The number of anilines is 2. The Morgan fingerprint density at radius 3 is 3.06 bits per heavy atom. The standard InChI is InChI=1S/C13H19N3OS/c1-9-13(17)16-11-8-10(4-5-12(11)18-9)15-7-3-2-6-14/h4-5,8-9,15H,2-3,6-7,14H2,1H3,(H,16,17). The molecule has 1 amide bonds. The number of rotatable bonds is 5. The molecule has 0 saturated carbocycles. The number of hydrogen-bond acceptors (Lipinski definition) is 4. The zero-order chi connectivity index (χ0) is 13.0. The van der Waals surface area contributed by atoms with Gasteiger partial charge in [-0.2, -0.15) is 0 Å². The lowest BCUT2D eigenvalue weighted by atomic mass is 10.2. The second kappa shape index (κ2) is 6.11. The Hall–Kier alpha value is -1.20. The van der Waals surface area contributed by atoms with Gasteiger partial charge in [-0.1, -0.05) is 0 Å². The Labute approximate surface area is 112 Å². The summed E-state index contributed by atoms with van der Waals surface area (Å²) in [4.78, 5) is 12.7. The maximum atomic E-state index is 11.6. The van der Waals surface area contributed by atoms with E-state index in [9.17, 15) is 4.79 Å². The van der Waals surface area contributed by atoms with Crippen molar-refractivity contribution in [3.63, 3.8) is 0 Å². The third-order valence-corrected chi connectivity index (χ3v) is 4.05. The molecule has 0 fully saturated rings. The van der Waals surface area contributed by atoms with Crippen LogP contribution in [-0.4, -0.2) is 24.2 Å². The minimum atomic E-state index is -0.0131. The molecule has 1 aliphatic rings. The van der Waals surface area contributed by atoms with Gasteiger partial charge in [-0.3, -0.25) is 4.79 Å². The van der Waals surface area contributed by atoms with E-state index < -0.39 is 0 Å².